The molecule has 1 saturated heterocycles. The average Bonchev–Trinajstić information content (AvgIpc) is 3.01. The molecule has 0 atom stereocenters. The monoisotopic (exact) mass is 347 g/mol. The van der Waals surface area contributed by atoms with Gasteiger partial charge in [-0.15, -0.1) is 11.8 Å². The maximum atomic E-state index is 5.40. The summed E-state index contributed by atoms with van der Waals surface area (Å²) in [4.78, 5) is 6.15. The Morgan fingerprint density at radius 2 is 1.83 bits per heavy atom. The van der Waals surface area contributed by atoms with Gasteiger partial charge in [-0.2, -0.15) is 0 Å². The number of nitrogens with zero attached hydrogens (tertiary/aromatic N) is 3. The molecular weight excluding hydrogens is 322 g/mol. The third kappa shape index (κ3) is 4.32. The highest BCUT2D eigenvalue weighted by Gasteiger charge is 2.18. The van der Waals surface area contributed by atoms with E-state index < -0.39 is 0 Å². The first-order valence-corrected chi connectivity index (χ1v) is 9.48. The number of hydrogen-bond donors (Lipinski definition) is 0. The van der Waals surface area contributed by atoms with E-state index in [9.17, 15) is 0 Å². The van der Waals surface area contributed by atoms with E-state index in [1.807, 2.05) is 13.0 Å². The van der Waals surface area contributed by atoms with Gasteiger partial charge >= 0.3 is 0 Å². The number of ether oxygens (including phenoxy) is 1. The highest BCUT2D eigenvalue weighted by atomic mass is 32.2. The molecule has 2 heterocycles. The number of benzene rings is 1. The van der Waals surface area contributed by atoms with Crippen molar-refractivity contribution in [3.05, 3.63) is 41.3 Å². The molecule has 24 heavy (non-hydrogen) atoms. The van der Waals surface area contributed by atoms with E-state index in [4.69, 9.17) is 9.26 Å². The Morgan fingerprint density at radius 1 is 1.12 bits per heavy atom. The molecule has 6 heteroatoms. The molecule has 1 aromatic heterocycles. The van der Waals surface area contributed by atoms with Gasteiger partial charge in [0.1, 0.15) is 11.5 Å². The van der Waals surface area contributed by atoms with Crippen molar-refractivity contribution in [3.8, 4) is 5.75 Å². The smallest absolute Gasteiger partial charge is 0.133 e. The molecule has 0 spiro atoms. The highest BCUT2D eigenvalue weighted by molar-refractivity contribution is 7.98. The molecule has 0 saturated carbocycles. The number of rotatable bonds is 6. The summed E-state index contributed by atoms with van der Waals surface area (Å²) in [5.74, 6) is 1.84. The molecule has 0 unspecified atom stereocenters. The lowest BCUT2D eigenvalue weighted by Crippen LogP contribution is -2.45. The van der Waals surface area contributed by atoms with E-state index >= 15 is 0 Å². The largest absolute Gasteiger partial charge is 0.496 e. The van der Waals surface area contributed by atoms with Gasteiger partial charge in [-0.3, -0.25) is 9.80 Å². The molecule has 2 aromatic rings. The standard InChI is InChI=1S/C18H25N3O2S/c1-14-10-16(19-23-14)13-21-8-6-20(7-9-21)12-15-4-5-17(22-2)18(11-15)24-3/h4-5,10-11H,6-9,12-13H2,1-3H3. The number of aryl methyl sites for hydroxylation is 1. The van der Waals surface area contributed by atoms with Crippen molar-refractivity contribution in [1.82, 2.24) is 15.0 Å². The van der Waals surface area contributed by atoms with E-state index in [0.29, 0.717) is 0 Å². The number of methoxy groups -OCH3 is 1. The molecule has 0 N–H and O–H groups in total. The predicted octanol–water partition coefficient (Wildman–Crippen LogP) is 3.03. The lowest BCUT2D eigenvalue weighted by molar-refractivity contribution is 0.120. The second-order valence-corrected chi connectivity index (χ2v) is 7.02. The summed E-state index contributed by atoms with van der Waals surface area (Å²) >= 11 is 1.73. The summed E-state index contributed by atoms with van der Waals surface area (Å²) in [5, 5.41) is 4.09. The van der Waals surface area contributed by atoms with Crippen LogP contribution in [0.1, 0.15) is 17.0 Å². The fourth-order valence-corrected chi connectivity index (χ4v) is 3.69. The molecule has 0 aliphatic carbocycles. The highest BCUT2D eigenvalue weighted by Crippen LogP contribution is 2.28. The van der Waals surface area contributed by atoms with Crippen molar-refractivity contribution >= 4 is 11.8 Å². The Labute approximate surface area is 147 Å². The number of hydrogen-bond acceptors (Lipinski definition) is 6. The van der Waals surface area contributed by atoms with Crippen LogP contribution in [0.25, 0.3) is 0 Å². The minimum absolute atomic E-state index is 0.879. The van der Waals surface area contributed by atoms with Gasteiger partial charge in [-0.05, 0) is 30.9 Å². The Hall–Kier alpha value is -1.50. The number of piperazine rings is 1. The van der Waals surface area contributed by atoms with Gasteiger partial charge in [0.15, 0.2) is 0 Å². The van der Waals surface area contributed by atoms with Crippen LogP contribution in [0.3, 0.4) is 0 Å². The molecule has 1 aliphatic rings. The number of thioether (sulfide) groups is 1. The summed E-state index contributed by atoms with van der Waals surface area (Å²) in [6, 6.07) is 8.51. The van der Waals surface area contributed by atoms with Crippen molar-refractivity contribution < 1.29 is 9.26 Å². The topological polar surface area (TPSA) is 41.7 Å². The van der Waals surface area contributed by atoms with Crippen molar-refractivity contribution in [3.63, 3.8) is 0 Å². The Kier molecular flexibility index (Phi) is 5.81. The minimum atomic E-state index is 0.879. The maximum Gasteiger partial charge on any atom is 0.133 e. The van der Waals surface area contributed by atoms with Gasteiger partial charge in [0.2, 0.25) is 0 Å². The Bertz CT molecular complexity index is 666. The van der Waals surface area contributed by atoms with E-state index in [2.05, 4.69) is 39.4 Å². The molecule has 0 amide bonds. The molecule has 1 fully saturated rings. The van der Waals surface area contributed by atoms with Crippen LogP contribution in [0, 0.1) is 6.92 Å². The van der Waals surface area contributed by atoms with Crippen LogP contribution in [0.4, 0.5) is 0 Å². The van der Waals surface area contributed by atoms with Gasteiger partial charge in [0, 0.05) is 50.2 Å². The first kappa shape index (κ1) is 17.3. The molecule has 0 radical (unpaired) electrons. The van der Waals surface area contributed by atoms with Crippen molar-refractivity contribution in [2.24, 2.45) is 0 Å². The van der Waals surface area contributed by atoms with Gasteiger partial charge in [0.25, 0.3) is 0 Å². The van der Waals surface area contributed by atoms with Gasteiger partial charge < -0.3 is 9.26 Å². The summed E-state index contributed by atoms with van der Waals surface area (Å²) in [6.07, 6.45) is 2.09. The zero-order valence-electron chi connectivity index (χ0n) is 14.6. The van der Waals surface area contributed by atoms with Crippen LogP contribution in [-0.2, 0) is 13.1 Å². The molecule has 5 nitrogen and oxygen atoms in total. The third-order valence-electron chi connectivity index (χ3n) is 4.38. The summed E-state index contributed by atoms with van der Waals surface area (Å²) in [5.41, 5.74) is 2.38. The quantitative estimate of drug-likeness (QED) is 0.748. The zero-order valence-corrected chi connectivity index (χ0v) is 15.4. The average molecular weight is 347 g/mol. The van der Waals surface area contributed by atoms with Crippen molar-refractivity contribution in [2.75, 3.05) is 39.5 Å². The van der Waals surface area contributed by atoms with Crippen LogP contribution in [0.2, 0.25) is 0 Å². The lowest BCUT2D eigenvalue weighted by Gasteiger charge is -2.34. The van der Waals surface area contributed by atoms with Crippen LogP contribution >= 0.6 is 11.8 Å². The molecule has 1 aliphatic heterocycles. The summed E-state index contributed by atoms with van der Waals surface area (Å²) in [7, 11) is 1.73. The van der Waals surface area contributed by atoms with Crippen LogP contribution in [-0.4, -0.2) is 54.5 Å². The second-order valence-electron chi connectivity index (χ2n) is 6.17. The SMILES string of the molecule is COc1ccc(CN2CCN(Cc3cc(C)on3)CC2)cc1SC. The van der Waals surface area contributed by atoms with E-state index in [1.165, 1.54) is 10.5 Å². The van der Waals surface area contributed by atoms with E-state index in [1.54, 1.807) is 18.9 Å². The Morgan fingerprint density at radius 3 is 2.42 bits per heavy atom. The maximum absolute atomic E-state index is 5.40. The predicted molar refractivity (Wildman–Crippen MR) is 96.6 cm³/mol. The minimum Gasteiger partial charge on any atom is -0.496 e. The van der Waals surface area contributed by atoms with Crippen LogP contribution < -0.4 is 4.74 Å². The van der Waals surface area contributed by atoms with Gasteiger partial charge in [-0.1, -0.05) is 11.2 Å². The lowest BCUT2D eigenvalue weighted by atomic mass is 10.2. The van der Waals surface area contributed by atoms with E-state index in [0.717, 1.165) is 56.5 Å². The van der Waals surface area contributed by atoms with Crippen molar-refractivity contribution in [1.29, 1.82) is 0 Å². The molecule has 130 valence electrons. The Balaban J connectivity index is 1.52. The summed E-state index contributed by atoms with van der Waals surface area (Å²) in [6.45, 7) is 8.11. The zero-order chi connectivity index (χ0) is 16.9. The van der Waals surface area contributed by atoms with Crippen molar-refractivity contribution in [2.45, 2.75) is 24.9 Å². The van der Waals surface area contributed by atoms with Crippen LogP contribution in [0.5, 0.6) is 5.75 Å². The first-order chi connectivity index (χ1) is 11.7. The van der Waals surface area contributed by atoms with Crippen LogP contribution in [0.15, 0.2) is 33.7 Å². The molecule has 0 bridgehead atoms. The fraction of sp³-hybridized carbons (Fsp3) is 0.500. The van der Waals surface area contributed by atoms with Gasteiger partial charge in [-0.25, -0.2) is 0 Å². The first-order valence-electron chi connectivity index (χ1n) is 8.25. The molecular formula is C18H25N3O2S. The number of aromatic nitrogens is 1. The van der Waals surface area contributed by atoms with Gasteiger partial charge in [0.05, 0.1) is 12.8 Å². The normalized spacial score (nSPS) is 16.5. The van der Waals surface area contributed by atoms with E-state index in [-0.39, 0.29) is 0 Å². The molecule has 1 aromatic carbocycles. The third-order valence-corrected chi connectivity index (χ3v) is 5.14. The fourth-order valence-electron chi connectivity index (χ4n) is 3.06. The molecule has 3 rings (SSSR count). The second kappa shape index (κ2) is 8.05. The summed E-state index contributed by atoms with van der Waals surface area (Å²) < 4.78 is 10.5.